The topological polar surface area (TPSA) is 84.5 Å². The van der Waals surface area contributed by atoms with Crippen molar-refractivity contribution in [3.63, 3.8) is 0 Å². The van der Waals surface area contributed by atoms with E-state index in [1.54, 1.807) is 14.0 Å². The highest BCUT2D eigenvalue weighted by molar-refractivity contribution is 6.09. The van der Waals surface area contributed by atoms with Gasteiger partial charge in [0.05, 0.1) is 5.69 Å². The molecule has 1 amide bonds. The predicted molar refractivity (Wildman–Crippen MR) is 130 cm³/mol. The smallest absolute Gasteiger partial charge is 0.219 e. The normalized spacial score (nSPS) is 17.3. The number of aromatic nitrogens is 2. The summed E-state index contributed by atoms with van der Waals surface area (Å²) in [5.41, 5.74) is 13.0. The molecule has 3 aromatic rings. The summed E-state index contributed by atoms with van der Waals surface area (Å²) in [5, 5.41) is 2.03. The minimum absolute atomic E-state index is 0.0479. The van der Waals surface area contributed by atoms with Gasteiger partial charge in [-0.3, -0.25) is 19.8 Å². The fourth-order valence-electron chi connectivity index (χ4n) is 4.13. The Balaban J connectivity index is 1.77. The van der Waals surface area contributed by atoms with Crippen LogP contribution in [0.2, 0.25) is 0 Å². The zero-order chi connectivity index (χ0) is 22.8. The third-order valence-corrected chi connectivity index (χ3v) is 6.08. The third kappa shape index (κ3) is 4.13. The summed E-state index contributed by atoms with van der Waals surface area (Å²) in [6.45, 7) is 7.00. The maximum atomic E-state index is 11.9. The molecule has 1 aliphatic heterocycles. The number of aliphatic imine (C=N–C) groups is 1. The highest BCUT2D eigenvalue weighted by Crippen LogP contribution is 2.29. The largest absolute Gasteiger partial charge is 0.398 e. The van der Waals surface area contributed by atoms with Gasteiger partial charge in [-0.25, -0.2) is 0 Å². The molecule has 3 heterocycles. The van der Waals surface area contributed by atoms with E-state index in [0.717, 1.165) is 44.6 Å². The van der Waals surface area contributed by atoms with Crippen molar-refractivity contribution in [3.8, 4) is 11.3 Å². The van der Waals surface area contributed by atoms with Crippen LogP contribution in [0.5, 0.6) is 0 Å². The van der Waals surface area contributed by atoms with Crippen molar-refractivity contribution in [1.82, 2.24) is 14.9 Å². The van der Waals surface area contributed by atoms with Gasteiger partial charge in [0.25, 0.3) is 0 Å². The van der Waals surface area contributed by atoms with Gasteiger partial charge in [-0.15, -0.1) is 0 Å². The number of carbonyl (C=O) groups excluding carboxylic acids is 1. The number of hydrogen-bond donors (Lipinski definition) is 1. The van der Waals surface area contributed by atoms with Gasteiger partial charge < -0.3 is 10.6 Å². The van der Waals surface area contributed by atoms with Crippen LogP contribution < -0.4 is 5.73 Å². The second kappa shape index (κ2) is 8.91. The number of likely N-dealkylation sites (tertiary alicyclic amines) is 1. The van der Waals surface area contributed by atoms with Crippen molar-refractivity contribution >= 4 is 28.1 Å². The van der Waals surface area contributed by atoms with Crippen LogP contribution in [0.3, 0.4) is 0 Å². The van der Waals surface area contributed by atoms with Crippen LogP contribution in [0.1, 0.15) is 44.4 Å². The van der Waals surface area contributed by atoms with Gasteiger partial charge in [0, 0.05) is 85.1 Å². The third-order valence-electron chi connectivity index (χ3n) is 6.08. The summed E-state index contributed by atoms with van der Waals surface area (Å²) in [6.07, 6.45) is 4.46. The van der Waals surface area contributed by atoms with Crippen LogP contribution in [-0.2, 0) is 4.79 Å². The summed E-state index contributed by atoms with van der Waals surface area (Å²) in [4.78, 5) is 27.5. The molecule has 0 spiro atoms. The molecule has 1 saturated heterocycles. The number of piperidine rings is 1. The quantitative estimate of drug-likeness (QED) is 0.671. The summed E-state index contributed by atoms with van der Waals surface area (Å²) < 4.78 is 0. The van der Waals surface area contributed by atoms with E-state index in [-0.39, 0.29) is 5.91 Å². The van der Waals surface area contributed by atoms with Gasteiger partial charge in [-0.1, -0.05) is 32.0 Å². The molecule has 0 aliphatic carbocycles. The number of nitrogens with zero attached hydrogens (tertiary/aromatic N) is 4. The molecule has 0 unspecified atom stereocenters. The van der Waals surface area contributed by atoms with Crippen LogP contribution in [0.25, 0.3) is 27.7 Å². The number of pyridine rings is 2. The number of carbonyl (C=O) groups is 1. The zero-order valence-corrected chi connectivity index (χ0v) is 19.1. The predicted octanol–water partition coefficient (Wildman–Crippen LogP) is 4.41. The molecule has 0 atom stereocenters. The lowest BCUT2D eigenvalue weighted by molar-refractivity contribution is -0.128. The molecule has 1 aliphatic rings. The molecule has 164 valence electrons. The van der Waals surface area contributed by atoms with Gasteiger partial charge in [-0.2, -0.15) is 0 Å². The summed E-state index contributed by atoms with van der Waals surface area (Å²) in [6, 6.07) is 12.3. The van der Waals surface area contributed by atoms with E-state index in [1.165, 1.54) is 0 Å². The van der Waals surface area contributed by atoms with Gasteiger partial charge in [0.15, 0.2) is 0 Å². The highest BCUT2D eigenvalue weighted by Gasteiger charge is 2.24. The second-order valence-corrected chi connectivity index (χ2v) is 8.48. The number of hydrogen-bond acceptors (Lipinski definition) is 5. The Morgan fingerprint density at radius 1 is 1.16 bits per heavy atom. The van der Waals surface area contributed by atoms with Gasteiger partial charge in [0.2, 0.25) is 5.91 Å². The minimum atomic E-state index is 0.0479. The summed E-state index contributed by atoms with van der Waals surface area (Å²) >= 11 is 0. The Morgan fingerprint density at radius 2 is 1.97 bits per heavy atom. The highest BCUT2D eigenvalue weighted by atomic mass is 16.2. The number of amides is 1. The van der Waals surface area contributed by atoms with Crippen molar-refractivity contribution in [2.45, 2.75) is 33.1 Å². The number of benzene rings is 1. The first-order valence-electron chi connectivity index (χ1n) is 10.9. The Kier molecular flexibility index (Phi) is 6.04. The first-order chi connectivity index (χ1) is 15.4. The van der Waals surface area contributed by atoms with Crippen LogP contribution in [0, 0.1) is 0 Å². The Bertz CT molecular complexity index is 1220. The molecule has 0 bridgehead atoms. The molecular weight excluding hydrogens is 398 g/mol. The lowest BCUT2D eigenvalue weighted by atomic mass is 9.94. The molecule has 4 rings (SSSR count). The van der Waals surface area contributed by atoms with Crippen LogP contribution in [-0.4, -0.2) is 46.6 Å². The molecule has 1 aromatic carbocycles. The fourth-order valence-corrected chi connectivity index (χ4v) is 4.13. The second-order valence-electron chi connectivity index (χ2n) is 8.48. The molecule has 2 aromatic heterocycles. The van der Waals surface area contributed by atoms with E-state index < -0.39 is 0 Å². The number of fused-ring (bicyclic) bond motifs is 1. The van der Waals surface area contributed by atoms with E-state index >= 15 is 0 Å². The summed E-state index contributed by atoms with van der Waals surface area (Å²) in [7, 11) is 1.78. The Hall–Kier alpha value is -3.54. The lowest BCUT2D eigenvalue weighted by Crippen LogP contribution is -2.39. The van der Waals surface area contributed by atoms with E-state index in [4.69, 9.17) is 10.7 Å². The van der Waals surface area contributed by atoms with Gasteiger partial charge in [0.1, 0.15) is 0 Å². The van der Waals surface area contributed by atoms with E-state index in [9.17, 15) is 4.79 Å². The average Bonchev–Trinajstić information content (AvgIpc) is 2.82. The SMILES string of the molecule is CN=C1CCN(C(C)=O)C/C1=C(/N)c1cccc2cc(-c3ccc(C(C)C)nc3)ncc12. The molecule has 6 nitrogen and oxygen atoms in total. The van der Waals surface area contributed by atoms with Crippen molar-refractivity contribution in [3.05, 3.63) is 65.6 Å². The standard InChI is InChI=1S/C26H29N5O/c1-16(2)23-9-8-19(13-29-23)25-12-18-6-5-7-20(21(18)14-30-25)26(27)22-15-31(17(3)32)11-10-24(22)28-4/h5-9,12-14,16H,10-11,15,27H2,1-4H3/b26-22-,28-24?. The molecular formula is C26H29N5O. The molecule has 0 radical (unpaired) electrons. The van der Waals surface area contributed by atoms with Crippen LogP contribution in [0.15, 0.2) is 59.4 Å². The molecule has 2 N–H and O–H groups in total. The number of nitrogens with two attached hydrogens (primary N) is 1. The van der Waals surface area contributed by atoms with E-state index in [2.05, 4.69) is 48.1 Å². The first-order valence-corrected chi connectivity index (χ1v) is 10.9. The van der Waals surface area contributed by atoms with Gasteiger partial charge in [-0.05, 0) is 29.5 Å². The van der Waals surface area contributed by atoms with Crippen molar-refractivity contribution < 1.29 is 4.79 Å². The molecule has 1 fully saturated rings. The van der Waals surface area contributed by atoms with Crippen molar-refractivity contribution in [1.29, 1.82) is 0 Å². The first kappa shape index (κ1) is 21.7. The van der Waals surface area contributed by atoms with Crippen molar-refractivity contribution in [2.75, 3.05) is 20.1 Å². The molecule has 6 heteroatoms. The monoisotopic (exact) mass is 427 g/mol. The fraction of sp³-hybridized carbons (Fsp3) is 0.308. The van der Waals surface area contributed by atoms with E-state index in [1.807, 2.05) is 29.4 Å². The van der Waals surface area contributed by atoms with E-state index in [0.29, 0.717) is 31.1 Å². The minimum Gasteiger partial charge on any atom is -0.398 e. The molecule has 32 heavy (non-hydrogen) atoms. The maximum absolute atomic E-state index is 11.9. The average molecular weight is 428 g/mol. The van der Waals surface area contributed by atoms with Crippen molar-refractivity contribution in [2.24, 2.45) is 10.7 Å². The molecule has 0 saturated carbocycles. The van der Waals surface area contributed by atoms with Gasteiger partial charge >= 0.3 is 0 Å². The Morgan fingerprint density at radius 3 is 2.62 bits per heavy atom. The van der Waals surface area contributed by atoms with Crippen LogP contribution in [0.4, 0.5) is 0 Å². The maximum Gasteiger partial charge on any atom is 0.219 e. The lowest BCUT2D eigenvalue weighted by Gasteiger charge is -2.30. The van der Waals surface area contributed by atoms with Crippen LogP contribution >= 0.6 is 0 Å². The Labute approximate surface area is 188 Å². The zero-order valence-electron chi connectivity index (χ0n) is 19.1. The number of rotatable bonds is 3. The summed E-state index contributed by atoms with van der Waals surface area (Å²) in [5.74, 6) is 0.439.